The fourth-order valence-electron chi connectivity index (χ4n) is 0.734. The van der Waals surface area contributed by atoms with E-state index in [9.17, 15) is 13.2 Å². The Labute approximate surface area is 75.0 Å². The Morgan fingerprint density at radius 3 is 2.25 bits per heavy atom. The third kappa shape index (κ3) is 1.91. The molecule has 66 valence electrons. The third-order valence-electron chi connectivity index (χ3n) is 1.26. The largest absolute Gasteiger partial charge is 0.508 e. The van der Waals surface area contributed by atoms with Crippen LogP contribution in [-0.4, -0.2) is 5.11 Å². The number of benzene rings is 1. The Hall–Kier alpha value is -0.710. The van der Waals surface area contributed by atoms with Crippen LogP contribution in [0, 0.1) is 0 Å². The molecule has 0 aliphatic heterocycles. The minimum Gasteiger partial charge on any atom is -0.508 e. The molecule has 0 spiro atoms. The van der Waals surface area contributed by atoms with Gasteiger partial charge in [0.05, 0.1) is 5.56 Å². The number of alkyl halides is 3. The highest BCUT2D eigenvalue weighted by atomic mass is 79.9. The van der Waals surface area contributed by atoms with Crippen molar-refractivity contribution in [2.24, 2.45) is 0 Å². The monoisotopic (exact) mass is 240 g/mol. The highest BCUT2D eigenvalue weighted by molar-refractivity contribution is 9.10. The first-order valence-corrected chi connectivity index (χ1v) is 3.76. The van der Waals surface area contributed by atoms with E-state index in [0.717, 1.165) is 18.2 Å². The predicted octanol–water partition coefficient (Wildman–Crippen LogP) is 3.17. The van der Waals surface area contributed by atoms with Crippen LogP contribution < -0.4 is 0 Å². The van der Waals surface area contributed by atoms with E-state index in [2.05, 4.69) is 15.9 Å². The molecule has 0 atom stereocenters. The molecule has 0 aliphatic carbocycles. The van der Waals surface area contributed by atoms with E-state index < -0.39 is 11.7 Å². The van der Waals surface area contributed by atoms with Crippen molar-refractivity contribution in [3.63, 3.8) is 0 Å². The summed E-state index contributed by atoms with van der Waals surface area (Å²) in [6, 6.07) is 2.82. The summed E-state index contributed by atoms with van der Waals surface area (Å²) < 4.78 is 36.0. The van der Waals surface area contributed by atoms with Gasteiger partial charge in [-0.05, 0) is 18.2 Å². The predicted molar refractivity (Wildman–Crippen MR) is 40.8 cm³/mol. The highest BCUT2D eigenvalue weighted by Gasteiger charge is 2.32. The molecular weight excluding hydrogens is 237 g/mol. The van der Waals surface area contributed by atoms with Gasteiger partial charge in [-0.25, -0.2) is 0 Å². The second kappa shape index (κ2) is 2.97. The molecule has 5 heteroatoms. The molecule has 12 heavy (non-hydrogen) atoms. The molecule has 0 radical (unpaired) electrons. The lowest BCUT2D eigenvalue weighted by Crippen LogP contribution is -2.05. The maximum Gasteiger partial charge on any atom is 0.417 e. The van der Waals surface area contributed by atoms with Crippen molar-refractivity contribution in [3.05, 3.63) is 28.2 Å². The van der Waals surface area contributed by atoms with Crippen LogP contribution in [0.4, 0.5) is 13.2 Å². The molecule has 0 saturated heterocycles. The molecule has 0 bridgehead atoms. The molecule has 0 aromatic heterocycles. The fourth-order valence-corrected chi connectivity index (χ4v) is 1.33. The van der Waals surface area contributed by atoms with Crippen molar-refractivity contribution < 1.29 is 18.3 Å². The van der Waals surface area contributed by atoms with Crippen molar-refractivity contribution in [2.45, 2.75) is 6.18 Å². The highest BCUT2D eigenvalue weighted by Crippen LogP contribution is 2.36. The van der Waals surface area contributed by atoms with E-state index in [-0.39, 0.29) is 10.2 Å². The summed E-state index contributed by atoms with van der Waals surface area (Å²) in [6.45, 7) is 0. The van der Waals surface area contributed by atoms with E-state index in [0.29, 0.717) is 0 Å². The van der Waals surface area contributed by atoms with Crippen LogP contribution in [0.25, 0.3) is 0 Å². The fraction of sp³-hybridized carbons (Fsp3) is 0.143. The number of phenolic OH excluding ortho intramolecular Hbond substituents is 1. The van der Waals surface area contributed by atoms with Crippen LogP contribution in [0.1, 0.15) is 5.56 Å². The lowest BCUT2D eigenvalue weighted by molar-refractivity contribution is -0.138. The topological polar surface area (TPSA) is 20.2 Å². The molecule has 1 N–H and O–H groups in total. The zero-order valence-corrected chi connectivity index (χ0v) is 7.28. The SMILES string of the molecule is Oc1ccc(C(F)(F)F)c(Br)c1. The zero-order chi connectivity index (χ0) is 9.35. The average molecular weight is 241 g/mol. The summed E-state index contributed by atoms with van der Waals surface area (Å²) in [5, 5.41) is 8.81. The van der Waals surface area contributed by atoms with Gasteiger partial charge in [-0.3, -0.25) is 0 Å². The summed E-state index contributed by atoms with van der Waals surface area (Å²) in [5.41, 5.74) is -0.791. The lowest BCUT2D eigenvalue weighted by Gasteiger charge is -2.08. The minimum absolute atomic E-state index is 0.157. The van der Waals surface area contributed by atoms with Gasteiger partial charge in [-0.2, -0.15) is 13.2 Å². The van der Waals surface area contributed by atoms with Gasteiger partial charge in [-0.1, -0.05) is 15.9 Å². The minimum atomic E-state index is -4.38. The van der Waals surface area contributed by atoms with Crippen LogP contribution >= 0.6 is 15.9 Å². The van der Waals surface area contributed by atoms with E-state index >= 15 is 0 Å². The molecule has 1 aromatic carbocycles. The van der Waals surface area contributed by atoms with Crippen LogP contribution in [-0.2, 0) is 6.18 Å². The number of phenols is 1. The maximum absolute atomic E-state index is 12.1. The Morgan fingerprint density at radius 1 is 1.25 bits per heavy atom. The van der Waals surface area contributed by atoms with Gasteiger partial charge >= 0.3 is 6.18 Å². The van der Waals surface area contributed by atoms with E-state index in [1.54, 1.807) is 0 Å². The first-order valence-electron chi connectivity index (χ1n) is 2.97. The number of aromatic hydroxyl groups is 1. The maximum atomic E-state index is 12.1. The van der Waals surface area contributed by atoms with Gasteiger partial charge in [0, 0.05) is 4.47 Å². The number of hydrogen-bond donors (Lipinski definition) is 1. The van der Waals surface area contributed by atoms with Crippen LogP contribution in [0.15, 0.2) is 22.7 Å². The first-order chi connectivity index (χ1) is 5.41. The Bertz CT molecular complexity index is 295. The summed E-state index contributed by atoms with van der Waals surface area (Å²) in [7, 11) is 0. The second-order valence-electron chi connectivity index (χ2n) is 2.16. The molecule has 0 amide bonds. The molecule has 1 rings (SSSR count). The smallest absolute Gasteiger partial charge is 0.417 e. The van der Waals surface area contributed by atoms with E-state index in [1.165, 1.54) is 0 Å². The van der Waals surface area contributed by atoms with Crippen molar-refractivity contribution in [2.75, 3.05) is 0 Å². The van der Waals surface area contributed by atoms with Gasteiger partial charge in [0.2, 0.25) is 0 Å². The molecule has 0 fully saturated rings. The standard InChI is InChI=1S/C7H4BrF3O/c8-6-3-4(12)1-2-5(6)7(9,10)11/h1-3,12H. The molecule has 0 aliphatic rings. The van der Waals surface area contributed by atoms with Crippen molar-refractivity contribution in [3.8, 4) is 5.75 Å². The summed E-state index contributed by atoms with van der Waals surface area (Å²) in [4.78, 5) is 0. The molecule has 0 unspecified atom stereocenters. The van der Waals surface area contributed by atoms with Crippen molar-refractivity contribution in [1.82, 2.24) is 0 Å². The first kappa shape index (κ1) is 9.38. The molecule has 0 saturated carbocycles. The molecule has 1 nitrogen and oxygen atoms in total. The summed E-state index contributed by atoms with van der Waals surface area (Å²) in [6.07, 6.45) is -4.38. The van der Waals surface area contributed by atoms with Crippen LogP contribution in [0.2, 0.25) is 0 Å². The third-order valence-corrected chi connectivity index (χ3v) is 1.91. The quantitative estimate of drug-likeness (QED) is 0.739. The number of rotatable bonds is 0. The van der Waals surface area contributed by atoms with Gasteiger partial charge < -0.3 is 5.11 Å². The van der Waals surface area contributed by atoms with Gasteiger partial charge in [-0.15, -0.1) is 0 Å². The normalized spacial score (nSPS) is 11.7. The second-order valence-corrected chi connectivity index (χ2v) is 3.02. The molecular formula is C7H4BrF3O. The van der Waals surface area contributed by atoms with E-state index in [4.69, 9.17) is 5.11 Å². The van der Waals surface area contributed by atoms with Gasteiger partial charge in [0.15, 0.2) is 0 Å². The van der Waals surface area contributed by atoms with Crippen LogP contribution in [0.3, 0.4) is 0 Å². The summed E-state index contributed by atoms with van der Waals surface area (Å²) in [5.74, 6) is -0.199. The van der Waals surface area contributed by atoms with Crippen LogP contribution in [0.5, 0.6) is 5.75 Å². The van der Waals surface area contributed by atoms with Gasteiger partial charge in [0.1, 0.15) is 5.75 Å². The Balaban J connectivity index is 3.19. The Morgan fingerprint density at radius 2 is 1.83 bits per heavy atom. The molecule has 0 heterocycles. The number of halogens is 4. The van der Waals surface area contributed by atoms with Crippen molar-refractivity contribution in [1.29, 1.82) is 0 Å². The zero-order valence-electron chi connectivity index (χ0n) is 5.69. The molecule has 1 aromatic rings. The number of hydrogen-bond acceptors (Lipinski definition) is 1. The van der Waals surface area contributed by atoms with E-state index in [1.807, 2.05) is 0 Å². The average Bonchev–Trinajstić information content (AvgIpc) is 1.83. The summed E-state index contributed by atoms with van der Waals surface area (Å²) >= 11 is 2.70. The lowest BCUT2D eigenvalue weighted by atomic mass is 10.2. The van der Waals surface area contributed by atoms with Crippen molar-refractivity contribution >= 4 is 15.9 Å². The Kier molecular flexibility index (Phi) is 2.32. The van der Waals surface area contributed by atoms with Gasteiger partial charge in [0.25, 0.3) is 0 Å².